The average Bonchev–Trinajstić information content (AvgIpc) is 3.41. The Kier molecular flexibility index (Phi) is 4.82. The number of rotatable bonds is 5. The Hall–Kier alpha value is -3.22. The molecule has 3 aromatic rings. The van der Waals surface area contributed by atoms with Crippen LogP contribution >= 0.6 is 22.9 Å². The predicted molar refractivity (Wildman–Crippen MR) is 109 cm³/mol. The van der Waals surface area contributed by atoms with E-state index in [1.54, 1.807) is 0 Å². The number of nitrogens with one attached hydrogen (secondary N) is 2. The molecule has 2 aromatic heterocycles. The summed E-state index contributed by atoms with van der Waals surface area (Å²) in [7, 11) is 0. The van der Waals surface area contributed by atoms with E-state index in [4.69, 9.17) is 17.3 Å². The van der Waals surface area contributed by atoms with Crippen molar-refractivity contribution < 1.29 is 9.59 Å². The molecule has 0 saturated heterocycles. The number of fused-ring (bicyclic) bond motifs is 1. The van der Waals surface area contributed by atoms with Crippen LogP contribution in [0.3, 0.4) is 0 Å². The van der Waals surface area contributed by atoms with E-state index in [0.29, 0.717) is 16.1 Å². The van der Waals surface area contributed by atoms with Crippen LogP contribution in [-0.2, 0) is 4.79 Å². The second-order valence-corrected chi connectivity index (χ2v) is 7.97. The number of hydrogen-bond acceptors (Lipinski definition) is 6. The van der Waals surface area contributed by atoms with Gasteiger partial charge in [0, 0.05) is 5.69 Å². The zero-order valence-corrected chi connectivity index (χ0v) is 16.4. The van der Waals surface area contributed by atoms with E-state index in [1.165, 1.54) is 29.5 Å². The van der Waals surface area contributed by atoms with E-state index >= 15 is 0 Å². The van der Waals surface area contributed by atoms with Crippen molar-refractivity contribution in [3.63, 3.8) is 0 Å². The number of H-pyrrole nitrogens is 1. The molecule has 4 rings (SSSR count). The lowest BCUT2D eigenvalue weighted by Crippen LogP contribution is -2.24. The van der Waals surface area contributed by atoms with Crippen LogP contribution in [0.2, 0.25) is 5.02 Å². The number of nitrogens with two attached hydrogens (primary N) is 1. The van der Waals surface area contributed by atoms with Crippen molar-refractivity contribution in [1.29, 1.82) is 5.26 Å². The minimum atomic E-state index is -1.33. The van der Waals surface area contributed by atoms with Gasteiger partial charge in [-0.2, -0.15) is 5.26 Å². The number of carbonyl (C=O) groups is 2. The van der Waals surface area contributed by atoms with E-state index in [-0.39, 0.29) is 27.7 Å². The number of carbonyl (C=O) groups excluding carboxylic acids is 2. The number of thiophene rings is 1. The second-order valence-electron chi connectivity index (χ2n) is 6.71. The highest BCUT2D eigenvalue weighted by molar-refractivity contribution is 7.16. The van der Waals surface area contributed by atoms with Crippen LogP contribution in [0, 0.1) is 11.3 Å². The maximum atomic E-state index is 12.6. The molecule has 0 aliphatic heterocycles. The van der Waals surface area contributed by atoms with Crippen molar-refractivity contribution in [2.24, 2.45) is 5.73 Å². The molecule has 1 saturated carbocycles. The summed E-state index contributed by atoms with van der Waals surface area (Å²) in [6.07, 6.45) is 2.10. The monoisotopic (exact) mass is 427 g/mol. The van der Waals surface area contributed by atoms with Crippen LogP contribution < -0.4 is 16.6 Å². The topological polar surface area (TPSA) is 142 Å². The second kappa shape index (κ2) is 7.31. The van der Waals surface area contributed by atoms with E-state index in [1.807, 2.05) is 11.4 Å². The third kappa shape index (κ3) is 3.60. The number of halogens is 1. The van der Waals surface area contributed by atoms with Crippen molar-refractivity contribution in [3.05, 3.63) is 55.9 Å². The molecule has 0 radical (unpaired) electrons. The van der Waals surface area contributed by atoms with Crippen LogP contribution in [0.15, 0.2) is 28.4 Å². The van der Waals surface area contributed by atoms with Gasteiger partial charge >= 0.3 is 0 Å². The first-order valence-corrected chi connectivity index (χ1v) is 9.96. The number of anilines is 1. The van der Waals surface area contributed by atoms with Crippen LogP contribution in [0.1, 0.15) is 46.4 Å². The van der Waals surface area contributed by atoms with Crippen molar-refractivity contribution in [3.8, 4) is 6.07 Å². The largest absolute Gasteiger partial charge is 0.366 e. The Morgan fingerprint density at radius 1 is 1.41 bits per heavy atom. The van der Waals surface area contributed by atoms with E-state index < -0.39 is 17.7 Å². The van der Waals surface area contributed by atoms with Gasteiger partial charge < -0.3 is 16.0 Å². The molecule has 10 heteroatoms. The summed E-state index contributed by atoms with van der Waals surface area (Å²) in [4.78, 5) is 43.9. The van der Waals surface area contributed by atoms with Crippen LogP contribution in [0.4, 0.5) is 5.69 Å². The summed E-state index contributed by atoms with van der Waals surface area (Å²) in [6, 6.07) is 6.04. The van der Waals surface area contributed by atoms with Crippen LogP contribution in [0.5, 0.6) is 0 Å². The van der Waals surface area contributed by atoms with Crippen molar-refractivity contribution in [2.45, 2.75) is 24.7 Å². The fraction of sp³-hybridized carbons (Fsp3) is 0.211. The van der Waals surface area contributed by atoms with Gasteiger partial charge in [0.05, 0.1) is 22.0 Å². The van der Waals surface area contributed by atoms with Gasteiger partial charge in [-0.3, -0.25) is 14.4 Å². The lowest BCUT2D eigenvalue weighted by Gasteiger charge is -2.11. The molecule has 0 bridgehead atoms. The first-order chi connectivity index (χ1) is 13.9. The SMILES string of the molecule is N#C[C@H](C(=O)Nc1ccc(C(N)=O)c(Cl)c1)c1nc2scc(C3CC3)c2c(=O)[nH]1. The molecular weight excluding hydrogens is 414 g/mol. The van der Waals surface area contributed by atoms with E-state index in [9.17, 15) is 19.6 Å². The molecule has 2 heterocycles. The minimum Gasteiger partial charge on any atom is -0.366 e. The normalized spacial score (nSPS) is 14.3. The minimum absolute atomic E-state index is 0.0217. The number of primary amides is 1. The van der Waals surface area contributed by atoms with Gasteiger partial charge in [0.2, 0.25) is 11.8 Å². The highest BCUT2D eigenvalue weighted by atomic mass is 35.5. The van der Waals surface area contributed by atoms with Gasteiger partial charge in [-0.1, -0.05) is 11.6 Å². The number of hydrogen-bond donors (Lipinski definition) is 3. The van der Waals surface area contributed by atoms with E-state index in [2.05, 4.69) is 15.3 Å². The molecule has 8 nitrogen and oxygen atoms in total. The highest BCUT2D eigenvalue weighted by Gasteiger charge is 2.29. The molecule has 1 aliphatic rings. The zero-order valence-electron chi connectivity index (χ0n) is 14.9. The number of nitriles is 1. The molecule has 1 atom stereocenters. The maximum Gasteiger partial charge on any atom is 0.259 e. The van der Waals surface area contributed by atoms with E-state index in [0.717, 1.165) is 18.4 Å². The Morgan fingerprint density at radius 3 is 2.79 bits per heavy atom. The van der Waals surface area contributed by atoms with Gasteiger partial charge in [0.15, 0.2) is 5.92 Å². The smallest absolute Gasteiger partial charge is 0.259 e. The Morgan fingerprint density at radius 2 is 2.17 bits per heavy atom. The van der Waals surface area contributed by atoms with Gasteiger partial charge in [-0.15, -0.1) is 11.3 Å². The van der Waals surface area contributed by atoms with Gasteiger partial charge in [0.1, 0.15) is 10.7 Å². The van der Waals surface area contributed by atoms with Crippen LogP contribution in [0.25, 0.3) is 10.2 Å². The maximum absolute atomic E-state index is 12.6. The first-order valence-electron chi connectivity index (χ1n) is 8.70. The molecule has 4 N–H and O–H groups in total. The Labute approximate surface area is 173 Å². The van der Waals surface area contributed by atoms with Gasteiger partial charge in [0.25, 0.3) is 5.56 Å². The van der Waals surface area contributed by atoms with Gasteiger partial charge in [-0.25, -0.2) is 4.98 Å². The molecule has 146 valence electrons. The van der Waals surface area contributed by atoms with Crippen LogP contribution in [-0.4, -0.2) is 21.8 Å². The molecule has 29 heavy (non-hydrogen) atoms. The number of aromatic amines is 1. The number of nitrogens with zero attached hydrogens (tertiary/aromatic N) is 2. The molecular formula is C19H14ClN5O3S. The number of amides is 2. The summed E-state index contributed by atoms with van der Waals surface area (Å²) in [5, 5.41) is 14.6. The molecule has 1 fully saturated rings. The van der Waals surface area contributed by atoms with Crippen molar-refractivity contribution >= 4 is 50.7 Å². The third-order valence-corrected chi connectivity index (χ3v) is 5.88. The zero-order chi connectivity index (χ0) is 20.7. The lowest BCUT2D eigenvalue weighted by atomic mass is 10.1. The summed E-state index contributed by atoms with van der Waals surface area (Å²) in [6.45, 7) is 0. The predicted octanol–water partition coefficient (Wildman–Crippen LogP) is 2.86. The standard InChI is InChI=1S/C19H14ClN5O3S/c20-13-5-9(3-4-10(13)15(22)26)23-17(27)11(6-21)16-24-18(28)14-12(8-1-2-8)7-29-19(14)25-16/h3-5,7-8,11H,1-2H2,(H2,22,26)(H,23,27)(H,24,25,28)/t11-/m0/s1. The first kappa shape index (κ1) is 19.1. The molecule has 1 aliphatic carbocycles. The molecule has 2 amide bonds. The Balaban J connectivity index is 1.62. The summed E-state index contributed by atoms with van der Waals surface area (Å²) in [5.41, 5.74) is 6.22. The van der Waals surface area contributed by atoms with Crippen molar-refractivity contribution in [2.75, 3.05) is 5.32 Å². The third-order valence-electron chi connectivity index (χ3n) is 4.67. The highest BCUT2D eigenvalue weighted by Crippen LogP contribution is 2.44. The molecule has 1 aromatic carbocycles. The number of aromatic nitrogens is 2. The Bertz CT molecular complexity index is 1250. The molecule has 0 unspecified atom stereocenters. The van der Waals surface area contributed by atoms with Gasteiger partial charge in [-0.05, 0) is 47.9 Å². The fourth-order valence-electron chi connectivity index (χ4n) is 3.07. The summed E-state index contributed by atoms with van der Waals surface area (Å²) < 4.78 is 0. The average molecular weight is 428 g/mol. The molecule has 0 spiro atoms. The quantitative estimate of drug-likeness (QED) is 0.573. The number of benzene rings is 1. The summed E-state index contributed by atoms with van der Waals surface area (Å²) in [5.74, 6) is -2.34. The summed E-state index contributed by atoms with van der Waals surface area (Å²) >= 11 is 7.31. The fourth-order valence-corrected chi connectivity index (χ4v) is 4.37. The lowest BCUT2D eigenvalue weighted by molar-refractivity contribution is -0.116. The van der Waals surface area contributed by atoms with Crippen molar-refractivity contribution in [1.82, 2.24) is 9.97 Å².